The predicted octanol–water partition coefficient (Wildman–Crippen LogP) is 6.65. The summed E-state index contributed by atoms with van der Waals surface area (Å²) in [5.74, 6) is 0. The Hall–Kier alpha value is -3.17. The Bertz CT molecular complexity index is 1780. The minimum atomic E-state index is 1.29. The summed E-state index contributed by atoms with van der Waals surface area (Å²) in [4.78, 5) is 0. The zero-order valence-electron chi connectivity index (χ0n) is 16.6. The van der Waals surface area contributed by atoms with Gasteiger partial charge in [0, 0.05) is 32.3 Å². The summed E-state index contributed by atoms with van der Waals surface area (Å²) in [7, 11) is 2.18. The van der Waals surface area contributed by atoms with Crippen molar-refractivity contribution >= 4 is 70.4 Å². The van der Waals surface area contributed by atoms with Crippen LogP contribution in [0.2, 0.25) is 0 Å². The topological polar surface area (TPSA) is 8.29 Å². The fourth-order valence-corrected chi connectivity index (χ4v) is 6.19. The highest BCUT2D eigenvalue weighted by atomic mass is 32.1. The second kappa shape index (κ2) is 5.05. The summed E-state index contributed by atoms with van der Waals surface area (Å²) in [6, 6.07) is 18.2. The number of hydrogen-bond donors (Lipinski definition) is 0. The molecule has 0 N–H and O–H groups in total. The molecule has 0 saturated carbocycles. The van der Waals surface area contributed by atoms with Crippen LogP contribution in [0.3, 0.4) is 0 Å². The van der Waals surface area contributed by atoms with Gasteiger partial charge in [0.1, 0.15) is 7.05 Å². The lowest BCUT2D eigenvalue weighted by atomic mass is 9.96. The van der Waals surface area contributed by atoms with E-state index in [2.05, 4.69) is 90.0 Å². The smallest absolute Gasteiger partial charge is 0.224 e. The van der Waals surface area contributed by atoms with Gasteiger partial charge in [-0.25, -0.2) is 4.57 Å². The van der Waals surface area contributed by atoms with Crippen molar-refractivity contribution in [3.8, 4) is 0 Å². The third-order valence-electron chi connectivity index (χ3n) is 6.79. The number of nitrogens with zero attached hydrogens (tertiary/aromatic N) is 2. The fourth-order valence-electron chi connectivity index (χ4n) is 5.36. The first-order valence-electron chi connectivity index (χ1n) is 10.0. The molecule has 0 saturated heterocycles. The number of rotatable bonds is 0. The summed E-state index contributed by atoms with van der Waals surface area (Å²) in [6.07, 6.45) is 2.23. The number of fused-ring (bicyclic) bond motifs is 7. The zero-order chi connectivity index (χ0) is 19.4. The Morgan fingerprint density at radius 2 is 1.69 bits per heavy atom. The van der Waals surface area contributed by atoms with Gasteiger partial charge in [-0.3, -0.25) is 0 Å². The molecule has 0 fully saturated rings. The van der Waals surface area contributed by atoms with E-state index in [1.54, 1.807) is 0 Å². The molecule has 0 unspecified atom stereocenters. The lowest BCUT2D eigenvalue weighted by molar-refractivity contribution is -0.643. The molecule has 3 aromatic carbocycles. The highest BCUT2D eigenvalue weighted by Crippen LogP contribution is 2.43. The summed E-state index contributed by atoms with van der Waals surface area (Å²) < 4.78 is 6.18. The highest BCUT2D eigenvalue weighted by Gasteiger charge is 2.25. The van der Waals surface area contributed by atoms with Gasteiger partial charge in [0.2, 0.25) is 5.52 Å². The summed E-state index contributed by atoms with van der Waals surface area (Å²) in [5, 5.41) is 10.4. The minimum Gasteiger partial charge on any atom is -0.307 e. The average Bonchev–Trinajstić information content (AvgIpc) is 3.32. The van der Waals surface area contributed by atoms with Gasteiger partial charge in [-0.15, -0.1) is 11.3 Å². The van der Waals surface area contributed by atoms with Crippen LogP contribution in [0.1, 0.15) is 11.1 Å². The van der Waals surface area contributed by atoms with E-state index in [9.17, 15) is 0 Å². The van der Waals surface area contributed by atoms with Crippen LogP contribution in [0.4, 0.5) is 0 Å². The van der Waals surface area contributed by atoms with Gasteiger partial charge in [-0.05, 0) is 54.6 Å². The molecule has 2 nitrogen and oxygen atoms in total. The van der Waals surface area contributed by atoms with Crippen LogP contribution in [0.25, 0.3) is 59.1 Å². The predicted molar refractivity (Wildman–Crippen MR) is 125 cm³/mol. The van der Waals surface area contributed by atoms with Gasteiger partial charge in [0.25, 0.3) is 0 Å². The lowest BCUT2D eigenvalue weighted by Crippen LogP contribution is -2.29. The Morgan fingerprint density at radius 3 is 2.59 bits per heavy atom. The van der Waals surface area contributed by atoms with Gasteiger partial charge in [-0.2, -0.15) is 0 Å². The van der Waals surface area contributed by atoms with Crippen molar-refractivity contribution in [1.29, 1.82) is 0 Å². The molecule has 0 aliphatic heterocycles. The molecule has 0 aliphatic carbocycles. The van der Waals surface area contributed by atoms with E-state index in [1.165, 1.54) is 70.2 Å². The summed E-state index contributed by atoms with van der Waals surface area (Å²) in [5.41, 5.74) is 8.02. The van der Waals surface area contributed by atoms with Crippen molar-refractivity contribution in [2.45, 2.75) is 13.8 Å². The van der Waals surface area contributed by atoms with Crippen LogP contribution < -0.4 is 4.57 Å². The number of pyridine rings is 2. The number of aromatic nitrogens is 2. The standard InChI is InChI=1S/C26H19N2S/c1-14-12-19-16-6-4-5-7-20(16)28-21-13-22-17(9-11-29-22)18-8-10-27(3)26(24(18)21)23(15(14)2)25(19)28/h4-13H,1-3H3/q+1. The second-order valence-corrected chi connectivity index (χ2v) is 9.18. The molecule has 0 bridgehead atoms. The fraction of sp³-hybridized carbons (Fsp3) is 0.115. The van der Waals surface area contributed by atoms with Crippen molar-refractivity contribution in [2.24, 2.45) is 7.05 Å². The van der Waals surface area contributed by atoms with Gasteiger partial charge in [0.15, 0.2) is 6.20 Å². The maximum absolute atomic E-state index is 2.51. The van der Waals surface area contributed by atoms with Crippen LogP contribution in [0.15, 0.2) is 60.1 Å². The molecule has 4 aromatic heterocycles. The Labute approximate surface area is 171 Å². The first-order chi connectivity index (χ1) is 14.1. The first-order valence-corrected chi connectivity index (χ1v) is 10.9. The number of hydrogen-bond acceptors (Lipinski definition) is 1. The van der Waals surface area contributed by atoms with Crippen molar-refractivity contribution in [2.75, 3.05) is 0 Å². The van der Waals surface area contributed by atoms with Crippen LogP contribution in [-0.4, -0.2) is 4.40 Å². The molecular weight excluding hydrogens is 372 g/mol. The van der Waals surface area contributed by atoms with E-state index < -0.39 is 0 Å². The van der Waals surface area contributed by atoms with Crippen LogP contribution in [0.5, 0.6) is 0 Å². The SMILES string of the molecule is Cc1cc2c3ccccc3n3c4cc5sccc5c5cc[n+](C)c(c(c1C)c23)c54. The molecule has 3 heteroatoms. The van der Waals surface area contributed by atoms with Gasteiger partial charge in [0.05, 0.1) is 27.3 Å². The molecule has 4 heterocycles. The Balaban J connectivity index is 2.02. The number of aryl methyl sites for hydroxylation is 3. The van der Waals surface area contributed by atoms with E-state index in [-0.39, 0.29) is 0 Å². The van der Waals surface area contributed by atoms with Gasteiger partial charge < -0.3 is 4.40 Å². The highest BCUT2D eigenvalue weighted by molar-refractivity contribution is 7.17. The number of thiophene rings is 1. The van der Waals surface area contributed by atoms with Gasteiger partial charge in [-0.1, -0.05) is 18.2 Å². The van der Waals surface area contributed by atoms with Crippen molar-refractivity contribution in [1.82, 2.24) is 4.40 Å². The van der Waals surface area contributed by atoms with E-state index >= 15 is 0 Å². The molecule has 7 aromatic rings. The molecular formula is C26H19N2S+. The van der Waals surface area contributed by atoms with Crippen molar-refractivity contribution in [3.05, 3.63) is 71.2 Å². The average molecular weight is 392 g/mol. The van der Waals surface area contributed by atoms with Gasteiger partial charge >= 0.3 is 0 Å². The largest absolute Gasteiger partial charge is 0.307 e. The normalized spacial score (nSPS) is 12.7. The molecule has 29 heavy (non-hydrogen) atoms. The Morgan fingerprint density at radius 1 is 0.828 bits per heavy atom. The zero-order valence-corrected chi connectivity index (χ0v) is 17.4. The van der Waals surface area contributed by atoms with E-state index in [1.807, 2.05) is 11.3 Å². The van der Waals surface area contributed by atoms with Crippen LogP contribution >= 0.6 is 11.3 Å². The monoisotopic (exact) mass is 391 g/mol. The molecule has 0 atom stereocenters. The van der Waals surface area contributed by atoms with E-state index in [0.717, 1.165) is 0 Å². The maximum Gasteiger partial charge on any atom is 0.224 e. The third-order valence-corrected chi connectivity index (χ3v) is 7.65. The van der Waals surface area contributed by atoms with Crippen LogP contribution in [-0.2, 0) is 7.05 Å². The van der Waals surface area contributed by atoms with E-state index in [4.69, 9.17) is 0 Å². The van der Waals surface area contributed by atoms with Crippen molar-refractivity contribution in [3.63, 3.8) is 0 Å². The Kier molecular flexibility index (Phi) is 2.74. The number of benzene rings is 3. The third kappa shape index (κ3) is 1.72. The maximum atomic E-state index is 2.51. The minimum absolute atomic E-state index is 1.29. The number of para-hydroxylation sites is 1. The summed E-state index contributed by atoms with van der Waals surface area (Å²) in [6.45, 7) is 4.52. The molecule has 0 amide bonds. The van der Waals surface area contributed by atoms with Crippen LogP contribution in [0, 0.1) is 13.8 Å². The lowest BCUT2D eigenvalue weighted by Gasteiger charge is -2.14. The van der Waals surface area contributed by atoms with E-state index in [0.29, 0.717) is 0 Å². The molecule has 7 rings (SSSR count). The summed E-state index contributed by atoms with van der Waals surface area (Å²) >= 11 is 1.83. The molecule has 0 aliphatic rings. The van der Waals surface area contributed by atoms with Crippen molar-refractivity contribution < 1.29 is 4.57 Å². The molecule has 0 radical (unpaired) electrons. The molecule has 0 spiro atoms. The quantitative estimate of drug-likeness (QED) is 0.155. The second-order valence-electron chi connectivity index (χ2n) is 8.23. The first kappa shape index (κ1) is 15.7. The molecule has 138 valence electrons.